The van der Waals surface area contributed by atoms with Gasteiger partial charge in [0.25, 0.3) is 11.8 Å². The monoisotopic (exact) mass is 545 g/mol. The van der Waals surface area contributed by atoms with Crippen LogP contribution in [-0.4, -0.2) is 61.6 Å². The van der Waals surface area contributed by atoms with Crippen molar-refractivity contribution in [3.05, 3.63) is 59.2 Å². The van der Waals surface area contributed by atoms with E-state index in [1.165, 1.54) is 17.1 Å². The van der Waals surface area contributed by atoms with Crippen LogP contribution >= 0.6 is 23.1 Å². The molecule has 4 heterocycles. The molecule has 1 saturated heterocycles. The summed E-state index contributed by atoms with van der Waals surface area (Å²) in [4.78, 5) is 58.6. The topological polar surface area (TPSA) is 217 Å². The predicted octanol–water partition coefficient (Wildman–Crippen LogP) is -1.98. The molecule has 0 aliphatic carbocycles. The number of oxime groups is 1. The molecule has 1 fully saturated rings. The van der Waals surface area contributed by atoms with Crippen LogP contribution in [0, 0.1) is 0 Å². The number of aromatic nitrogens is 2. The Morgan fingerprint density at radius 2 is 2.16 bits per heavy atom. The number of thioether (sulfide) groups is 1. The van der Waals surface area contributed by atoms with Gasteiger partial charge in [0.15, 0.2) is 29.8 Å². The molecule has 2 atom stereocenters. The van der Waals surface area contributed by atoms with E-state index in [2.05, 4.69) is 22.0 Å². The summed E-state index contributed by atoms with van der Waals surface area (Å²) in [6, 6.07) is 2.29. The molecule has 4 rings (SSSR count). The maximum atomic E-state index is 13.0. The Labute approximate surface area is 216 Å². The minimum atomic E-state index is -1.52. The van der Waals surface area contributed by atoms with E-state index in [1.54, 1.807) is 29.1 Å². The second kappa shape index (κ2) is 10.3. The van der Waals surface area contributed by atoms with Gasteiger partial charge < -0.3 is 36.6 Å². The molecule has 0 aromatic carbocycles. The lowest BCUT2D eigenvalue weighted by molar-refractivity contribution is -0.688. The summed E-state index contributed by atoms with van der Waals surface area (Å²) in [7, 11) is 0. The molecule has 6 N–H and O–H groups in total. The normalized spacial score (nSPS) is 19.1. The lowest BCUT2D eigenvalue weighted by Crippen LogP contribution is -2.71. The molecule has 2 aliphatic rings. The maximum Gasteiger partial charge on any atom is 0.374 e. The molecule has 2 aromatic heterocycles. The molecule has 0 spiro atoms. The number of nitrogens with zero attached hydrogens (tertiary/aromatic N) is 4. The average Bonchev–Trinajstić information content (AvgIpc) is 3.27. The number of carboxylic acid groups (broad SMARTS) is 2. The molecule has 14 nitrogen and oxygen atoms in total. The predicted molar refractivity (Wildman–Crippen MR) is 129 cm³/mol. The third kappa shape index (κ3) is 5.24. The van der Waals surface area contributed by atoms with Crippen molar-refractivity contribution in [1.29, 1.82) is 0 Å². The SMILES string of the molecule is C=C(ON=C(C(=O)N[C@@H]1C(=O)N2C(C(=O)[O-])=C(C[n+]3cccc(N)c3)CS[C@@H]12)c1csc(N)n1)C(=O)O. The van der Waals surface area contributed by atoms with Crippen molar-refractivity contribution in [3.63, 3.8) is 0 Å². The maximum absolute atomic E-state index is 13.0. The first-order chi connectivity index (χ1) is 17.6. The number of carboxylic acids is 2. The van der Waals surface area contributed by atoms with Crippen molar-refractivity contribution in [2.24, 2.45) is 5.16 Å². The number of rotatable bonds is 9. The van der Waals surface area contributed by atoms with Crippen LogP contribution in [0.15, 0.2) is 58.7 Å². The van der Waals surface area contributed by atoms with Gasteiger partial charge in [-0.15, -0.1) is 23.1 Å². The zero-order chi connectivity index (χ0) is 26.9. The van der Waals surface area contributed by atoms with Crippen LogP contribution in [0.1, 0.15) is 5.69 Å². The number of fused-ring (bicyclic) bond motifs is 1. The van der Waals surface area contributed by atoms with E-state index in [4.69, 9.17) is 21.4 Å². The summed E-state index contributed by atoms with van der Waals surface area (Å²) in [5, 5.41) is 27.7. The highest BCUT2D eigenvalue weighted by Crippen LogP contribution is 2.40. The number of nitrogens with one attached hydrogen (secondary N) is 1. The molecule has 0 bridgehead atoms. The molecule has 2 aliphatic heterocycles. The fourth-order valence-electron chi connectivity index (χ4n) is 3.60. The van der Waals surface area contributed by atoms with Crippen molar-refractivity contribution in [2.45, 2.75) is 18.0 Å². The number of carbonyl (C=O) groups excluding carboxylic acids is 3. The van der Waals surface area contributed by atoms with Crippen molar-refractivity contribution in [2.75, 3.05) is 17.2 Å². The molecule has 0 radical (unpaired) electrons. The van der Waals surface area contributed by atoms with Gasteiger partial charge in [0, 0.05) is 22.8 Å². The van der Waals surface area contributed by atoms with Crippen LogP contribution in [0.5, 0.6) is 0 Å². The van der Waals surface area contributed by atoms with Gasteiger partial charge in [-0.3, -0.25) is 14.5 Å². The van der Waals surface area contributed by atoms with Crippen LogP contribution < -0.4 is 26.5 Å². The Morgan fingerprint density at radius 1 is 1.41 bits per heavy atom. The Hall–Kier alpha value is -4.44. The van der Waals surface area contributed by atoms with E-state index < -0.39 is 46.6 Å². The zero-order valence-electron chi connectivity index (χ0n) is 18.8. The standard InChI is InChI=1S/C21H19N7O7S2/c1-9(19(31)32)35-26-13(12-8-37-21(23)24-12)16(29)25-14-17(30)28-15(20(33)34)10(7-36-18(14)28)5-27-4-2-3-11(22)6-27/h2-4,6,8,14,18H,1,5,7,22H2,(H4-,23,24,25,29,31,32,33,34)/t14-,18+/m1/s1. The van der Waals surface area contributed by atoms with Crippen LogP contribution in [-0.2, 0) is 30.6 Å². The number of carbonyl (C=O) groups is 4. The number of hydrogen-bond acceptors (Lipinski definition) is 12. The Bertz CT molecular complexity index is 1390. The Kier molecular flexibility index (Phi) is 7.12. The number of amides is 2. The van der Waals surface area contributed by atoms with E-state index in [0.29, 0.717) is 11.3 Å². The number of β-lactam (4-membered cyclic amide) rings is 1. The van der Waals surface area contributed by atoms with Crippen molar-refractivity contribution in [1.82, 2.24) is 15.2 Å². The molecule has 16 heteroatoms. The summed E-state index contributed by atoms with van der Waals surface area (Å²) < 4.78 is 1.69. The van der Waals surface area contributed by atoms with Crippen LogP contribution in [0.3, 0.4) is 0 Å². The van der Waals surface area contributed by atoms with Gasteiger partial charge in [0.2, 0.25) is 5.76 Å². The highest BCUT2D eigenvalue weighted by atomic mass is 32.2. The summed E-state index contributed by atoms with van der Waals surface area (Å²) in [6.45, 7) is 3.33. The molecular weight excluding hydrogens is 526 g/mol. The third-order valence-corrected chi connectivity index (χ3v) is 7.26. The first-order valence-electron chi connectivity index (χ1n) is 10.4. The Balaban J connectivity index is 1.54. The first-order valence-corrected chi connectivity index (χ1v) is 12.3. The van der Waals surface area contributed by atoms with E-state index in [-0.39, 0.29) is 28.8 Å². The lowest BCUT2D eigenvalue weighted by atomic mass is 10.0. The highest BCUT2D eigenvalue weighted by Gasteiger charge is 2.53. The summed E-state index contributed by atoms with van der Waals surface area (Å²) in [5.74, 6) is -5.12. The van der Waals surface area contributed by atoms with Gasteiger partial charge in [-0.25, -0.2) is 9.78 Å². The number of nitrogen functional groups attached to an aromatic ring is 2. The summed E-state index contributed by atoms with van der Waals surface area (Å²) in [5.41, 5.74) is 11.6. The van der Waals surface area contributed by atoms with Crippen LogP contribution in [0.25, 0.3) is 0 Å². The fourth-order valence-corrected chi connectivity index (χ4v) is 5.49. The minimum Gasteiger partial charge on any atom is -0.543 e. The number of nitrogens with two attached hydrogens (primary N) is 2. The van der Waals surface area contributed by atoms with Crippen molar-refractivity contribution >= 4 is 63.4 Å². The molecule has 0 saturated carbocycles. The first kappa shape index (κ1) is 25.6. The van der Waals surface area contributed by atoms with E-state index in [0.717, 1.165) is 16.2 Å². The second-order valence-electron chi connectivity index (χ2n) is 7.74. The number of anilines is 2. The lowest BCUT2D eigenvalue weighted by Gasteiger charge is -2.50. The van der Waals surface area contributed by atoms with Gasteiger partial charge in [0.05, 0.1) is 17.4 Å². The van der Waals surface area contributed by atoms with Gasteiger partial charge in [-0.05, 0) is 12.6 Å². The van der Waals surface area contributed by atoms with E-state index >= 15 is 0 Å². The third-order valence-electron chi connectivity index (χ3n) is 5.25. The summed E-state index contributed by atoms with van der Waals surface area (Å²) >= 11 is 2.25. The van der Waals surface area contributed by atoms with E-state index in [9.17, 15) is 24.3 Å². The molecular formula is C21H19N7O7S2. The zero-order valence-corrected chi connectivity index (χ0v) is 20.5. The smallest absolute Gasteiger partial charge is 0.374 e. The summed E-state index contributed by atoms with van der Waals surface area (Å²) in [6.07, 6.45) is 3.34. The number of aliphatic carboxylic acids is 2. The van der Waals surface area contributed by atoms with Gasteiger partial charge >= 0.3 is 5.97 Å². The quantitative estimate of drug-likeness (QED) is 0.0675. The van der Waals surface area contributed by atoms with Crippen molar-refractivity contribution < 1.29 is 38.8 Å². The fraction of sp³-hybridized carbons (Fsp3) is 0.190. The largest absolute Gasteiger partial charge is 0.543 e. The number of pyridine rings is 1. The molecule has 37 heavy (non-hydrogen) atoms. The minimum absolute atomic E-state index is 0.0186. The average molecular weight is 546 g/mol. The molecule has 2 aromatic rings. The number of hydrogen-bond donors (Lipinski definition) is 4. The molecule has 0 unspecified atom stereocenters. The van der Waals surface area contributed by atoms with Crippen LogP contribution in [0.4, 0.5) is 10.8 Å². The highest BCUT2D eigenvalue weighted by molar-refractivity contribution is 8.00. The molecule has 192 valence electrons. The van der Waals surface area contributed by atoms with Gasteiger partial charge in [0.1, 0.15) is 17.1 Å². The molecule has 2 amide bonds. The number of thiazole rings is 1. The van der Waals surface area contributed by atoms with Crippen molar-refractivity contribution in [3.8, 4) is 0 Å². The van der Waals surface area contributed by atoms with Crippen LogP contribution in [0.2, 0.25) is 0 Å². The Morgan fingerprint density at radius 3 is 2.78 bits per heavy atom. The van der Waals surface area contributed by atoms with E-state index in [1.807, 2.05) is 0 Å². The van der Waals surface area contributed by atoms with Gasteiger partial charge in [-0.2, -0.15) is 4.57 Å². The second-order valence-corrected chi connectivity index (χ2v) is 9.74. The van der Waals surface area contributed by atoms with Gasteiger partial charge in [-0.1, -0.05) is 5.16 Å².